The lowest BCUT2D eigenvalue weighted by Crippen LogP contribution is -2.43. The molecule has 136 valence electrons. The number of benzene rings is 1. The SMILES string of the molecule is CCC(=O)c1ccc(OC)c(C2CCN([C@H]3C[C@H]4CC[C@H]3C4)CC2)c1. The lowest BCUT2D eigenvalue weighted by molar-refractivity contribution is 0.0987. The minimum Gasteiger partial charge on any atom is -0.496 e. The zero-order valence-corrected chi connectivity index (χ0v) is 15.7. The molecule has 2 bridgehead atoms. The van der Waals surface area contributed by atoms with Crippen LogP contribution in [-0.2, 0) is 0 Å². The summed E-state index contributed by atoms with van der Waals surface area (Å²) in [6, 6.07) is 6.86. The second-order valence-corrected chi connectivity index (χ2v) is 8.29. The second kappa shape index (κ2) is 7.11. The molecular weight excluding hydrogens is 310 g/mol. The number of fused-ring (bicyclic) bond motifs is 2. The third kappa shape index (κ3) is 3.23. The molecule has 0 spiro atoms. The van der Waals surface area contributed by atoms with Crippen LogP contribution in [0.15, 0.2) is 18.2 Å². The molecule has 1 saturated heterocycles. The molecule has 1 aromatic carbocycles. The van der Waals surface area contributed by atoms with Crippen LogP contribution in [0.3, 0.4) is 0 Å². The summed E-state index contributed by atoms with van der Waals surface area (Å²) in [7, 11) is 1.74. The number of likely N-dealkylation sites (tertiary alicyclic amines) is 1. The first-order chi connectivity index (χ1) is 12.2. The van der Waals surface area contributed by atoms with Gasteiger partial charge in [-0.05, 0) is 86.7 Å². The Hall–Kier alpha value is -1.35. The van der Waals surface area contributed by atoms with Gasteiger partial charge in [0.15, 0.2) is 5.78 Å². The summed E-state index contributed by atoms with van der Waals surface area (Å²) in [6.45, 7) is 4.33. The van der Waals surface area contributed by atoms with E-state index in [1.807, 2.05) is 19.1 Å². The summed E-state index contributed by atoms with van der Waals surface area (Å²) in [4.78, 5) is 14.9. The highest BCUT2D eigenvalue weighted by atomic mass is 16.5. The van der Waals surface area contributed by atoms with E-state index in [0.717, 1.165) is 29.2 Å². The van der Waals surface area contributed by atoms with Crippen molar-refractivity contribution in [3.63, 3.8) is 0 Å². The average molecular weight is 341 g/mol. The summed E-state index contributed by atoms with van der Waals surface area (Å²) in [5, 5.41) is 0. The second-order valence-electron chi connectivity index (χ2n) is 8.29. The van der Waals surface area contributed by atoms with Crippen molar-refractivity contribution in [1.82, 2.24) is 4.90 Å². The van der Waals surface area contributed by atoms with Gasteiger partial charge in [0.2, 0.25) is 0 Å². The van der Waals surface area contributed by atoms with E-state index < -0.39 is 0 Å². The van der Waals surface area contributed by atoms with E-state index in [0.29, 0.717) is 12.3 Å². The number of ether oxygens (including phenoxy) is 1. The zero-order chi connectivity index (χ0) is 17.4. The first-order valence-corrected chi connectivity index (χ1v) is 10.1. The largest absolute Gasteiger partial charge is 0.496 e. The molecule has 3 heteroatoms. The number of nitrogens with zero attached hydrogens (tertiary/aromatic N) is 1. The van der Waals surface area contributed by atoms with Crippen LogP contribution in [0.5, 0.6) is 5.75 Å². The topological polar surface area (TPSA) is 29.5 Å². The number of rotatable bonds is 5. The van der Waals surface area contributed by atoms with E-state index in [2.05, 4.69) is 11.0 Å². The summed E-state index contributed by atoms with van der Waals surface area (Å²) >= 11 is 0. The van der Waals surface area contributed by atoms with Gasteiger partial charge in [-0.2, -0.15) is 0 Å². The van der Waals surface area contributed by atoms with Crippen LogP contribution in [-0.4, -0.2) is 36.9 Å². The van der Waals surface area contributed by atoms with Gasteiger partial charge in [-0.15, -0.1) is 0 Å². The number of carbonyl (C=O) groups excluding carboxylic acids is 1. The molecule has 2 aliphatic carbocycles. The first kappa shape index (κ1) is 17.1. The van der Waals surface area contributed by atoms with E-state index in [9.17, 15) is 4.79 Å². The van der Waals surface area contributed by atoms with Gasteiger partial charge in [0.1, 0.15) is 5.75 Å². The van der Waals surface area contributed by atoms with Crippen LogP contribution in [0.25, 0.3) is 0 Å². The van der Waals surface area contributed by atoms with Crippen molar-refractivity contribution in [2.75, 3.05) is 20.2 Å². The fourth-order valence-electron chi connectivity index (χ4n) is 5.63. The minimum atomic E-state index is 0.225. The number of methoxy groups -OCH3 is 1. The van der Waals surface area contributed by atoms with Gasteiger partial charge >= 0.3 is 0 Å². The number of Topliss-reactive ketones (excluding diaryl/α,β-unsaturated/α-hetero) is 1. The molecule has 0 N–H and O–H groups in total. The molecule has 1 aromatic rings. The van der Waals surface area contributed by atoms with Gasteiger partial charge in [-0.1, -0.05) is 13.3 Å². The predicted octanol–water partition coefficient (Wildman–Crippen LogP) is 4.66. The molecule has 25 heavy (non-hydrogen) atoms. The van der Waals surface area contributed by atoms with E-state index in [1.165, 1.54) is 57.2 Å². The fourth-order valence-corrected chi connectivity index (χ4v) is 5.63. The Morgan fingerprint density at radius 3 is 2.56 bits per heavy atom. The normalized spacial score (nSPS) is 29.9. The summed E-state index contributed by atoms with van der Waals surface area (Å²) in [5.41, 5.74) is 2.09. The van der Waals surface area contributed by atoms with Gasteiger partial charge in [0, 0.05) is 18.0 Å². The molecule has 1 aliphatic heterocycles. The molecule has 0 radical (unpaired) electrons. The lowest BCUT2D eigenvalue weighted by atomic mass is 9.85. The molecule has 3 aliphatic rings. The highest BCUT2D eigenvalue weighted by molar-refractivity contribution is 5.96. The van der Waals surface area contributed by atoms with Crippen LogP contribution in [0.2, 0.25) is 0 Å². The van der Waals surface area contributed by atoms with Crippen LogP contribution in [0.1, 0.15) is 73.7 Å². The van der Waals surface area contributed by atoms with E-state index in [-0.39, 0.29) is 5.78 Å². The van der Waals surface area contributed by atoms with Crippen LogP contribution >= 0.6 is 0 Å². The Labute approximate surface area is 151 Å². The van der Waals surface area contributed by atoms with Gasteiger partial charge in [0.05, 0.1) is 7.11 Å². The Morgan fingerprint density at radius 2 is 1.96 bits per heavy atom. The maximum atomic E-state index is 12.1. The first-order valence-electron chi connectivity index (χ1n) is 10.1. The number of ketones is 1. The molecule has 3 nitrogen and oxygen atoms in total. The van der Waals surface area contributed by atoms with Crippen molar-refractivity contribution in [2.45, 2.75) is 63.8 Å². The Kier molecular flexibility index (Phi) is 4.86. The standard InChI is InChI=1S/C22H31NO2/c1-3-21(24)18-6-7-22(25-2)19(14-18)16-8-10-23(11-9-16)20-13-15-4-5-17(20)12-15/h6-7,14-17,20H,3-5,8-13H2,1-2H3/t15-,17-,20-/m0/s1. The number of piperidine rings is 1. The fraction of sp³-hybridized carbons (Fsp3) is 0.682. The Morgan fingerprint density at radius 1 is 1.16 bits per heavy atom. The van der Waals surface area contributed by atoms with Gasteiger partial charge in [-0.25, -0.2) is 0 Å². The molecule has 1 heterocycles. The molecule has 3 atom stereocenters. The third-order valence-electron chi connectivity index (χ3n) is 7.01. The van der Waals surface area contributed by atoms with E-state index in [4.69, 9.17) is 4.74 Å². The molecule has 0 aromatic heterocycles. The van der Waals surface area contributed by atoms with E-state index >= 15 is 0 Å². The highest BCUT2D eigenvalue weighted by Crippen LogP contribution is 2.48. The Bertz CT molecular complexity index is 633. The minimum absolute atomic E-state index is 0.225. The third-order valence-corrected chi connectivity index (χ3v) is 7.01. The van der Waals surface area contributed by atoms with Crippen LogP contribution < -0.4 is 4.74 Å². The maximum absolute atomic E-state index is 12.1. The van der Waals surface area contributed by atoms with Crippen LogP contribution in [0, 0.1) is 11.8 Å². The maximum Gasteiger partial charge on any atom is 0.162 e. The Balaban J connectivity index is 1.45. The lowest BCUT2D eigenvalue weighted by Gasteiger charge is -2.40. The van der Waals surface area contributed by atoms with E-state index in [1.54, 1.807) is 7.11 Å². The monoisotopic (exact) mass is 341 g/mol. The molecule has 2 saturated carbocycles. The average Bonchev–Trinajstić information content (AvgIpc) is 3.30. The van der Waals surface area contributed by atoms with Crippen molar-refractivity contribution >= 4 is 5.78 Å². The molecular formula is C22H31NO2. The van der Waals surface area contributed by atoms with Crippen molar-refractivity contribution in [3.8, 4) is 5.75 Å². The van der Waals surface area contributed by atoms with Gasteiger partial charge in [0.25, 0.3) is 0 Å². The van der Waals surface area contributed by atoms with Gasteiger partial charge in [-0.3, -0.25) is 4.79 Å². The van der Waals surface area contributed by atoms with Crippen molar-refractivity contribution in [3.05, 3.63) is 29.3 Å². The molecule has 4 rings (SSSR count). The molecule has 0 unspecified atom stereocenters. The zero-order valence-electron chi connectivity index (χ0n) is 15.7. The van der Waals surface area contributed by atoms with Crippen LogP contribution in [0.4, 0.5) is 0 Å². The van der Waals surface area contributed by atoms with Crippen molar-refractivity contribution < 1.29 is 9.53 Å². The number of hydrogen-bond donors (Lipinski definition) is 0. The smallest absolute Gasteiger partial charge is 0.162 e. The summed E-state index contributed by atoms with van der Waals surface area (Å²) < 4.78 is 5.61. The summed E-state index contributed by atoms with van der Waals surface area (Å²) in [6.07, 6.45) is 8.81. The highest BCUT2D eigenvalue weighted by Gasteiger charge is 2.43. The summed E-state index contributed by atoms with van der Waals surface area (Å²) in [5.74, 6) is 3.69. The van der Waals surface area contributed by atoms with Gasteiger partial charge < -0.3 is 9.64 Å². The quantitative estimate of drug-likeness (QED) is 0.730. The number of carbonyl (C=O) groups is 1. The molecule has 0 amide bonds. The predicted molar refractivity (Wildman–Crippen MR) is 100 cm³/mol. The molecule has 3 fully saturated rings. The number of hydrogen-bond acceptors (Lipinski definition) is 3. The van der Waals surface area contributed by atoms with Crippen molar-refractivity contribution in [1.29, 1.82) is 0 Å². The van der Waals surface area contributed by atoms with Crippen molar-refractivity contribution in [2.24, 2.45) is 11.8 Å².